The minimum atomic E-state index is -0.676. The summed E-state index contributed by atoms with van der Waals surface area (Å²) in [5.41, 5.74) is 0.950. The molecule has 6 heteroatoms. The predicted molar refractivity (Wildman–Crippen MR) is 77.9 cm³/mol. The van der Waals surface area contributed by atoms with Crippen molar-refractivity contribution in [3.63, 3.8) is 0 Å². The lowest BCUT2D eigenvalue weighted by Gasteiger charge is -2.27. The quantitative estimate of drug-likeness (QED) is 0.636. The average molecular weight is 302 g/mol. The third-order valence-electron chi connectivity index (χ3n) is 3.43. The van der Waals surface area contributed by atoms with Crippen LogP contribution in [0.1, 0.15) is 17.2 Å². The van der Waals surface area contributed by atoms with Crippen molar-refractivity contribution < 1.29 is 29.9 Å². The average Bonchev–Trinajstić information content (AvgIpc) is 2.48. The molecule has 2 aromatic rings. The first kappa shape index (κ1) is 13.9. The van der Waals surface area contributed by atoms with Crippen LogP contribution < -0.4 is 4.74 Å². The summed E-state index contributed by atoms with van der Waals surface area (Å²) in [4.78, 5) is 0. The van der Waals surface area contributed by atoms with Crippen molar-refractivity contribution >= 4 is 6.08 Å². The van der Waals surface area contributed by atoms with Crippen LogP contribution in [0.25, 0.3) is 6.08 Å². The highest BCUT2D eigenvalue weighted by Gasteiger charge is 2.28. The van der Waals surface area contributed by atoms with Crippen LogP contribution in [0.2, 0.25) is 0 Å². The van der Waals surface area contributed by atoms with Gasteiger partial charge in [-0.1, -0.05) is 6.07 Å². The minimum absolute atomic E-state index is 0.127. The molecule has 4 N–H and O–H groups in total. The molecule has 0 spiro atoms. The van der Waals surface area contributed by atoms with Gasteiger partial charge in [-0.15, -0.1) is 0 Å². The van der Waals surface area contributed by atoms with Crippen molar-refractivity contribution in [2.75, 3.05) is 7.11 Å². The van der Waals surface area contributed by atoms with E-state index in [-0.39, 0.29) is 28.7 Å². The lowest BCUT2D eigenvalue weighted by Crippen LogP contribution is -2.16. The van der Waals surface area contributed by atoms with Crippen LogP contribution in [0.4, 0.5) is 0 Å². The van der Waals surface area contributed by atoms with Crippen LogP contribution in [0, 0.1) is 0 Å². The minimum Gasteiger partial charge on any atom is -0.508 e. The summed E-state index contributed by atoms with van der Waals surface area (Å²) in [6, 6.07) is 6.88. The molecule has 1 heterocycles. The predicted octanol–water partition coefficient (Wildman–Crippen LogP) is 2.63. The van der Waals surface area contributed by atoms with Crippen LogP contribution in [0.3, 0.4) is 0 Å². The molecule has 3 rings (SSSR count). The summed E-state index contributed by atoms with van der Waals surface area (Å²) in [6.45, 7) is 0. The molecule has 22 heavy (non-hydrogen) atoms. The molecular formula is C16H14O6. The van der Waals surface area contributed by atoms with Gasteiger partial charge in [-0.05, 0) is 18.2 Å². The van der Waals surface area contributed by atoms with Gasteiger partial charge in [-0.2, -0.15) is 0 Å². The summed E-state index contributed by atoms with van der Waals surface area (Å²) in [5, 5.41) is 38.5. The summed E-state index contributed by atoms with van der Waals surface area (Å²) >= 11 is 0. The molecule has 6 nitrogen and oxygen atoms in total. The third-order valence-corrected chi connectivity index (χ3v) is 3.43. The number of hydrogen-bond acceptors (Lipinski definition) is 6. The fourth-order valence-corrected chi connectivity index (χ4v) is 2.35. The smallest absolute Gasteiger partial charge is 0.181 e. The summed E-state index contributed by atoms with van der Waals surface area (Å²) in [7, 11) is 1.46. The SMILES string of the molecule is COC1=Cc2c(O)cc(O)cc2OC1c1ccc(O)c(O)c1. The maximum Gasteiger partial charge on any atom is 0.181 e. The summed E-state index contributed by atoms with van der Waals surface area (Å²) in [6.07, 6.45) is 0.924. The van der Waals surface area contributed by atoms with Gasteiger partial charge in [0.25, 0.3) is 0 Å². The zero-order valence-corrected chi connectivity index (χ0v) is 11.6. The number of methoxy groups -OCH3 is 1. The van der Waals surface area contributed by atoms with Crippen LogP contribution in [0.5, 0.6) is 28.7 Å². The normalized spacial score (nSPS) is 16.4. The molecule has 0 radical (unpaired) electrons. The molecule has 0 bridgehead atoms. The summed E-state index contributed by atoms with van der Waals surface area (Å²) in [5.74, 6) is -0.0666. The molecule has 1 aliphatic rings. The second kappa shape index (κ2) is 5.07. The van der Waals surface area contributed by atoms with E-state index >= 15 is 0 Å². The monoisotopic (exact) mass is 302 g/mol. The van der Waals surface area contributed by atoms with Gasteiger partial charge in [0.1, 0.15) is 23.0 Å². The van der Waals surface area contributed by atoms with Crippen molar-refractivity contribution in [1.82, 2.24) is 0 Å². The number of hydrogen-bond donors (Lipinski definition) is 4. The number of rotatable bonds is 2. The lowest BCUT2D eigenvalue weighted by molar-refractivity contribution is 0.145. The van der Waals surface area contributed by atoms with E-state index in [1.807, 2.05) is 0 Å². The standard InChI is InChI=1S/C16H14O6/c1-21-15-7-10-12(19)5-9(17)6-14(10)22-16(15)8-2-3-11(18)13(20)4-8/h2-7,16-20H,1H3. The molecule has 2 aromatic carbocycles. The Hall–Kier alpha value is -3.02. The summed E-state index contributed by atoms with van der Waals surface area (Å²) < 4.78 is 11.1. The molecule has 0 aromatic heterocycles. The zero-order valence-electron chi connectivity index (χ0n) is 11.6. The Balaban J connectivity index is 2.09. The molecule has 0 saturated heterocycles. The van der Waals surface area contributed by atoms with E-state index in [0.717, 1.165) is 0 Å². The van der Waals surface area contributed by atoms with Gasteiger partial charge in [0.15, 0.2) is 17.6 Å². The second-order valence-electron chi connectivity index (χ2n) is 4.87. The van der Waals surface area contributed by atoms with Gasteiger partial charge >= 0.3 is 0 Å². The van der Waals surface area contributed by atoms with Crippen molar-refractivity contribution in [2.24, 2.45) is 0 Å². The van der Waals surface area contributed by atoms with Gasteiger partial charge in [0, 0.05) is 17.7 Å². The Morgan fingerprint density at radius 1 is 0.955 bits per heavy atom. The van der Waals surface area contributed by atoms with Crippen LogP contribution in [-0.2, 0) is 4.74 Å². The van der Waals surface area contributed by atoms with E-state index in [1.54, 1.807) is 12.1 Å². The fourth-order valence-electron chi connectivity index (χ4n) is 2.35. The third kappa shape index (κ3) is 2.24. The van der Waals surface area contributed by atoms with E-state index in [9.17, 15) is 20.4 Å². The van der Waals surface area contributed by atoms with Crippen molar-refractivity contribution in [3.05, 3.63) is 47.2 Å². The molecule has 0 aliphatic carbocycles. The Morgan fingerprint density at radius 2 is 1.73 bits per heavy atom. The first-order valence-electron chi connectivity index (χ1n) is 6.49. The van der Waals surface area contributed by atoms with Gasteiger partial charge in [-0.25, -0.2) is 0 Å². The van der Waals surface area contributed by atoms with E-state index in [0.29, 0.717) is 16.9 Å². The maximum absolute atomic E-state index is 9.87. The van der Waals surface area contributed by atoms with Crippen LogP contribution in [-0.4, -0.2) is 27.5 Å². The number of phenolic OH excluding ortho intramolecular Hbond substituents is 4. The van der Waals surface area contributed by atoms with Crippen LogP contribution in [0.15, 0.2) is 36.1 Å². The van der Waals surface area contributed by atoms with E-state index in [1.165, 1.54) is 31.4 Å². The van der Waals surface area contributed by atoms with Crippen molar-refractivity contribution in [3.8, 4) is 28.7 Å². The number of aromatic hydroxyl groups is 4. The van der Waals surface area contributed by atoms with Gasteiger partial charge in [0.05, 0.1) is 12.7 Å². The number of benzene rings is 2. The highest BCUT2D eigenvalue weighted by molar-refractivity contribution is 5.69. The zero-order chi connectivity index (χ0) is 15.9. The Kier molecular flexibility index (Phi) is 3.21. The van der Waals surface area contributed by atoms with Crippen LogP contribution >= 0.6 is 0 Å². The molecule has 114 valence electrons. The topological polar surface area (TPSA) is 99.4 Å². The van der Waals surface area contributed by atoms with Crippen molar-refractivity contribution in [2.45, 2.75) is 6.10 Å². The molecule has 0 amide bonds. The van der Waals surface area contributed by atoms with Crippen molar-refractivity contribution in [1.29, 1.82) is 0 Å². The van der Waals surface area contributed by atoms with E-state index in [2.05, 4.69) is 0 Å². The van der Waals surface area contributed by atoms with Gasteiger partial charge in [-0.3, -0.25) is 0 Å². The highest BCUT2D eigenvalue weighted by Crippen LogP contribution is 2.44. The Bertz CT molecular complexity index is 765. The molecule has 0 fully saturated rings. The molecular weight excluding hydrogens is 288 g/mol. The number of phenols is 4. The highest BCUT2D eigenvalue weighted by atomic mass is 16.5. The van der Waals surface area contributed by atoms with E-state index in [4.69, 9.17) is 9.47 Å². The van der Waals surface area contributed by atoms with Gasteiger partial charge in [0.2, 0.25) is 0 Å². The first-order valence-corrected chi connectivity index (χ1v) is 6.49. The van der Waals surface area contributed by atoms with E-state index < -0.39 is 6.10 Å². The second-order valence-corrected chi connectivity index (χ2v) is 4.87. The number of ether oxygens (including phenoxy) is 2. The molecule has 1 atom stereocenters. The Morgan fingerprint density at radius 3 is 2.41 bits per heavy atom. The molecule has 0 saturated carbocycles. The molecule has 1 aliphatic heterocycles. The largest absolute Gasteiger partial charge is 0.508 e. The first-order chi connectivity index (χ1) is 10.5. The Labute approximate surface area is 126 Å². The molecule has 1 unspecified atom stereocenters. The maximum atomic E-state index is 9.87. The lowest BCUT2D eigenvalue weighted by atomic mass is 10.0. The number of fused-ring (bicyclic) bond motifs is 1. The fraction of sp³-hybridized carbons (Fsp3) is 0.125. The van der Waals surface area contributed by atoms with Gasteiger partial charge < -0.3 is 29.9 Å².